The van der Waals surface area contributed by atoms with Crippen LogP contribution in [-0.4, -0.2) is 56.9 Å². The lowest BCUT2D eigenvalue weighted by molar-refractivity contribution is 0.0703. The fourth-order valence-corrected chi connectivity index (χ4v) is 2.82. The molecule has 2 aromatic rings. The van der Waals surface area contributed by atoms with Gasteiger partial charge in [-0.25, -0.2) is 9.97 Å². The van der Waals surface area contributed by atoms with Crippen LogP contribution >= 0.6 is 0 Å². The summed E-state index contributed by atoms with van der Waals surface area (Å²) in [6.07, 6.45) is 8.61. The molecule has 0 atom stereocenters. The molecule has 0 saturated carbocycles. The Kier molecular flexibility index (Phi) is 4.04. The number of carbonyl (C=O) groups excluding carboxylic acids is 1. The molecule has 7 nitrogen and oxygen atoms in total. The van der Waals surface area contributed by atoms with Gasteiger partial charge in [-0.2, -0.15) is 0 Å². The van der Waals surface area contributed by atoms with Crippen molar-refractivity contribution in [3.63, 3.8) is 0 Å². The Balaban J connectivity index is 1.60. The molecule has 0 aromatic carbocycles. The van der Waals surface area contributed by atoms with Gasteiger partial charge in [-0.1, -0.05) is 0 Å². The number of anilines is 1. The summed E-state index contributed by atoms with van der Waals surface area (Å²) in [7, 11) is 1.86. The first-order valence-electron chi connectivity index (χ1n) is 7.45. The molecule has 116 valence electrons. The monoisotopic (exact) mass is 300 g/mol. The molecule has 1 saturated heterocycles. The molecule has 22 heavy (non-hydrogen) atoms. The average molecular weight is 300 g/mol. The van der Waals surface area contributed by atoms with E-state index in [2.05, 4.69) is 24.8 Å². The zero-order valence-corrected chi connectivity index (χ0v) is 12.9. The third kappa shape index (κ3) is 2.93. The number of carbonyl (C=O) groups is 1. The minimum atomic E-state index is -0.00134. The van der Waals surface area contributed by atoms with Gasteiger partial charge in [0.05, 0.1) is 12.4 Å². The van der Waals surface area contributed by atoms with Crippen molar-refractivity contribution in [3.8, 4) is 0 Å². The van der Waals surface area contributed by atoms with Gasteiger partial charge in [0.25, 0.3) is 5.91 Å². The van der Waals surface area contributed by atoms with Crippen molar-refractivity contribution in [1.29, 1.82) is 0 Å². The predicted molar refractivity (Wildman–Crippen MR) is 82.7 cm³/mol. The molecule has 0 bridgehead atoms. The standard InChI is InChI=1S/C15H20N6O/c1-11-18-9-13(19-11)15(22)20(2)12-3-7-21(8-4-12)14-10-16-5-6-17-14/h5-6,9-10,12H,3-4,7-8H2,1-2H3,(H,18,19). The van der Waals surface area contributed by atoms with Gasteiger partial charge in [0.1, 0.15) is 17.3 Å². The van der Waals surface area contributed by atoms with Crippen LogP contribution in [0.5, 0.6) is 0 Å². The second-order valence-electron chi connectivity index (χ2n) is 5.58. The molecule has 1 aliphatic heterocycles. The average Bonchev–Trinajstić information content (AvgIpc) is 3.01. The lowest BCUT2D eigenvalue weighted by atomic mass is 10.0. The highest BCUT2D eigenvalue weighted by Gasteiger charge is 2.27. The molecule has 1 aliphatic rings. The highest BCUT2D eigenvalue weighted by atomic mass is 16.2. The van der Waals surface area contributed by atoms with E-state index in [1.165, 1.54) is 0 Å². The molecule has 1 fully saturated rings. The summed E-state index contributed by atoms with van der Waals surface area (Å²) in [5.41, 5.74) is 0.552. The number of H-pyrrole nitrogens is 1. The van der Waals surface area contributed by atoms with Crippen LogP contribution in [0.2, 0.25) is 0 Å². The van der Waals surface area contributed by atoms with Crippen molar-refractivity contribution in [2.24, 2.45) is 0 Å². The SMILES string of the molecule is Cc1ncc(C(=O)N(C)C2CCN(c3cnccn3)CC2)[nH]1. The number of hydrogen-bond donors (Lipinski definition) is 1. The summed E-state index contributed by atoms with van der Waals surface area (Å²) in [5, 5.41) is 0. The van der Waals surface area contributed by atoms with Gasteiger partial charge in [-0.15, -0.1) is 0 Å². The smallest absolute Gasteiger partial charge is 0.271 e. The van der Waals surface area contributed by atoms with E-state index in [-0.39, 0.29) is 11.9 Å². The number of aromatic amines is 1. The van der Waals surface area contributed by atoms with Crippen LogP contribution in [0.25, 0.3) is 0 Å². The summed E-state index contributed by atoms with van der Waals surface area (Å²) in [6.45, 7) is 3.60. The lowest BCUT2D eigenvalue weighted by Crippen LogP contribution is -2.46. The maximum Gasteiger partial charge on any atom is 0.271 e. The minimum absolute atomic E-state index is 0.00134. The first-order valence-corrected chi connectivity index (χ1v) is 7.45. The zero-order chi connectivity index (χ0) is 15.5. The van der Waals surface area contributed by atoms with E-state index < -0.39 is 0 Å². The summed E-state index contributed by atoms with van der Waals surface area (Å²) in [6, 6.07) is 0.240. The number of piperidine rings is 1. The van der Waals surface area contributed by atoms with Crippen molar-refractivity contribution in [1.82, 2.24) is 24.8 Å². The van der Waals surface area contributed by atoms with E-state index in [9.17, 15) is 4.79 Å². The first-order chi connectivity index (χ1) is 10.6. The number of imidazole rings is 1. The second-order valence-corrected chi connectivity index (χ2v) is 5.58. The summed E-state index contributed by atoms with van der Waals surface area (Å²) in [5.74, 6) is 1.66. The highest BCUT2D eigenvalue weighted by molar-refractivity contribution is 5.92. The molecule has 7 heteroatoms. The quantitative estimate of drug-likeness (QED) is 0.923. The van der Waals surface area contributed by atoms with Gasteiger partial charge in [-0.3, -0.25) is 9.78 Å². The Morgan fingerprint density at radius 3 is 2.64 bits per heavy atom. The molecule has 2 aromatic heterocycles. The molecule has 0 aliphatic carbocycles. The summed E-state index contributed by atoms with van der Waals surface area (Å²) < 4.78 is 0. The number of aryl methyl sites for hydroxylation is 1. The highest BCUT2D eigenvalue weighted by Crippen LogP contribution is 2.20. The summed E-state index contributed by atoms with van der Waals surface area (Å²) in [4.78, 5) is 32.0. The van der Waals surface area contributed by atoms with Crippen LogP contribution in [0.4, 0.5) is 5.82 Å². The number of amides is 1. The van der Waals surface area contributed by atoms with Crippen LogP contribution in [0.3, 0.4) is 0 Å². The maximum atomic E-state index is 12.4. The Morgan fingerprint density at radius 1 is 1.27 bits per heavy atom. The van der Waals surface area contributed by atoms with E-state index in [4.69, 9.17) is 0 Å². The lowest BCUT2D eigenvalue weighted by Gasteiger charge is -2.36. The molecular weight excluding hydrogens is 280 g/mol. The Bertz CT molecular complexity index is 632. The van der Waals surface area contributed by atoms with Gasteiger partial charge in [0.2, 0.25) is 0 Å². The number of aromatic nitrogens is 4. The molecule has 3 heterocycles. The fourth-order valence-electron chi connectivity index (χ4n) is 2.82. The number of nitrogens with zero attached hydrogens (tertiary/aromatic N) is 5. The number of rotatable bonds is 3. The van der Waals surface area contributed by atoms with E-state index in [1.807, 2.05) is 18.9 Å². The molecular formula is C15H20N6O. The number of hydrogen-bond acceptors (Lipinski definition) is 5. The van der Waals surface area contributed by atoms with Crippen molar-refractivity contribution in [2.45, 2.75) is 25.8 Å². The maximum absolute atomic E-state index is 12.4. The Hall–Kier alpha value is -2.44. The molecule has 1 N–H and O–H groups in total. The van der Waals surface area contributed by atoms with Crippen molar-refractivity contribution in [2.75, 3.05) is 25.0 Å². The van der Waals surface area contributed by atoms with E-state index in [0.29, 0.717) is 5.69 Å². The molecule has 0 unspecified atom stereocenters. The fraction of sp³-hybridized carbons (Fsp3) is 0.467. The molecule has 0 radical (unpaired) electrons. The van der Waals surface area contributed by atoms with Crippen LogP contribution in [-0.2, 0) is 0 Å². The van der Waals surface area contributed by atoms with Gasteiger partial charge < -0.3 is 14.8 Å². The van der Waals surface area contributed by atoms with Crippen LogP contribution in [0, 0.1) is 6.92 Å². The predicted octanol–water partition coefficient (Wildman–Crippen LogP) is 1.25. The van der Waals surface area contributed by atoms with Gasteiger partial charge in [-0.05, 0) is 19.8 Å². The topological polar surface area (TPSA) is 78.0 Å². The third-order valence-corrected chi connectivity index (χ3v) is 4.14. The van der Waals surface area contributed by atoms with Crippen LogP contribution < -0.4 is 4.90 Å². The second kappa shape index (κ2) is 6.13. The van der Waals surface area contributed by atoms with E-state index in [1.54, 1.807) is 24.8 Å². The van der Waals surface area contributed by atoms with Gasteiger partial charge in [0, 0.05) is 38.6 Å². The van der Waals surface area contributed by atoms with E-state index in [0.717, 1.165) is 37.6 Å². The van der Waals surface area contributed by atoms with Crippen molar-refractivity contribution in [3.05, 3.63) is 36.3 Å². The van der Waals surface area contributed by atoms with Gasteiger partial charge in [0.15, 0.2) is 0 Å². The molecule has 3 rings (SSSR count). The van der Waals surface area contributed by atoms with Crippen molar-refractivity contribution < 1.29 is 4.79 Å². The third-order valence-electron chi connectivity index (χ3n) is 4.14. The molecule has 0 spiro atoms. The normalized spacial score (nSPS) is 15.8. The van der Waals surface area contributed by atoms with E-state index >= 15 is 0 Å². The van der Waals surface area contributed by atoms with Crippen LogP contribution in [0.15, 0.2) is 24.8 Å². The summed E-state index contributed by atoms with van der Waals surface area (Å²) >= 11 is 0. The zero-order valence-electron chi connectivity index (χ0n) is 12.9. The largest absolute Gasteiger partial charge is 0.355 e. The Labute approximate surface area is 129 Å². The first kappa shape index (κ1) is 14.5. The number of nitrogens with one attached hydrogen (secondary N) is 1. The van der Waals surface area contributed by atoms with Gasteiger partial charge >= 0.3 is 0 Å². The molecule has 1 amide bonds. The minimum Gasteiger partial charge on any atom is -0.355 e. The van der Waals surface area contributed by atoms with Crippen molar-refractivity contribution >= 4 is 11.7 Å². The van der Waals surface area contributed by atoms with Crippen LogP contribution in [0.1, 0.15) is 29.2 Å². The Morgan fingerprint density at radius 2 is 2.05 bits per heavy atom.